The number of imide groups is 1. The normalized spacial score (nSPS) is 15.7. The molecule has 3 aromatic rings. The number of aryl methyl sites for hydroxylation is 1. The van der Waals surface area contributed by atoms with E-state index in [0.29, 0.717) is 23.8 Å². The summed E-state index contributed by atoms with van der Waals surface area (Å²) in [5, 5.41) is 1.57. The summed E-state index contributed by atoms with van der Waals surface area (Å²) >= 11 is 1.01. The molecule has 1 atom stereocenters. The van der Waals surface area contributed by atoms with E-state index >= 15 is 0 Å². The third-order valence-corrected chi connectivity index (χ3v) is 6.10. The van der Waals surface area contributed by atoms with Crippen molar-refractivity contribution in [3.05, 3.63) is 71.6 Å². The fraction of sp³-hybridized carbons (Fsp3) is 0.217. The molecule has 0 saturated carbocycles. The van der Waals surface area contributed by atoms with Crippen LogP contribution in [0.1, 0.15) is 17.0 Å². The van der Waals surface area contributed by atoms with Crippen molar-refractivity contribution in [1.82, 2.24) is 10.3 Å². The molecular formula is C23H21N3O4S. The van der Waals surface area contributed by atoms with Crippen LogP contribution in [-0.4, -0.2) is 34.3 Å². The van der Waals surface area contributed by atoms with Crippen LogP contribution in [0.2, 0.25) is 0 Å². The third-order valence-electron chi connectivity index (χ3n) is 5.12. The number of hydrogen-bond donors (Lipinski definition) is 1. The molecule has 7 nitrogen and oxygen atoms in total. The number of thioether (sulfide) groups is 1. The van der Waals surface area contributed by atoms with Gasteiger partial charge in [-0.25, -0.2) is 4.98 Å². The van der Waals surface area contributed by atoms with E-state index in [9.17, 15) is 14.4 Å². The number of nitrogens with one attached hydrogen (secondary N) is 1. The fourth-order valence-electron chi connectivity index (χ4n) is 3.30. The molecule has 3 amide bonds. The molecule has 158 valence electrons. The van der Waals surface area contributed by atoms with Crippen molar-refractivity contribution in [1.29, 1.82) is 0 Å². The Labute approximate surface area is 183 Å². The molecule has 0 aliphatic carbocycles. The van der Waals surface area contributed by atoms with E-state index in [1.54, 1.807) is 18.9 Å². The molecule has 1 saturated heterocycles. The highest BCUT2D eigenvalue weighted by atomic mass is 32.2. The van der Waals surface area contributed by atoms with Gasteiger partial charge in [-0.3, -0.25) is 19.7 Å². The molecule has 1 unspecified atom stereocenters. The lowest BCUT2D eigenvalue weighted by Crippen LogP contribution is -2.28. The van der Waals surface area contributed by atoms with Gasteiger partial charge in [0.2, 0.25) is 17.7 Å². The Morgan fingerprint density at radius 3 is 2.48 bits per heavy atom. The Kier molecular flexibility index (Phi) is 5.90. The lowest BCUT2D eigenvalue weighted by Gasteiger charge is -2.17. The van der Waals surface area contributed by atoms with Gasteiger partial charge in [-0.15, -0.1) is 0 Å². The minimum atomic E-state index is -0.410. The molecule has 0 bridgehead atoms. The number of oxazole rings is 1. The summed E-state index contributed by atoms with van der Waals surface area (Å²) in [5.41, 5.74) is 3.13. The first-order valence-corrected chi connectivity index (χ1v) is 10.7. The zero-order valence-electron chi connectivity index (χ0n) is 17.1. The number of hydrogen-bond acceptors (Lipinski definition) is 6. The van der Waals surface area contributed by atoms with E-state index in [1.807, 2.05) is 54.6 Å². The van der Waals surface area contributed by atoms with E-state index in [4.69, 9.17) is 4.42 Å². The van der Waals surface area contributed by atoms with Crippen molar-refractivity contribution in [2.45, 2.75) is 25.0 Å². The summed E-state index contributed by atoms with van der Waals surface area (Å²) in [6, 6.07) is 17.0. The van der Waals surface area contributed by atoms with Gasteiger partial charge in [0.25, 0.3) is 5.24 Å². The topological polar surface area (TPSA) is 92.5 Å². The van der Waals surface area contributed by atoms with Gasteiger partial charge in [-0.05, 0) is 43.2 Å². The monoisotopic (exact) mass is 435 g/mol. The van der Waals surface area contributed by atoms with Crippen LogP contribution in [0.15, 0.2) is 59.0 Å². The molecule has 2 aromatic carbocycles. The van der Waals surface area contributed by atoms with E-state index in [0.717, 1.165) is 28.6 Å². The van der Waals surface area contributed by atoms with Crippen LogP contribution in [0.5, 0.6) is 0 Å². The average Bonchev–Trinajstić information content (AvgIpc) is 3.29. The minimum absolute atomic E-state index is 0.111. The molecule has 8 heteroatoms. The van der Waals surface area contributed by atoms with Crippen LogP contribution in [0.3, 0.4) is 0 Å². The molecule has 1 aromatic heterocycles. The van der Waals surface area contributed by atoms with Crippen LogP contribution < -0.4 is 10.2 Å². The molecule has 4 rings (SSSR count). The van der Waals surface area contributed by atoms with Crippen molar-refractivity contribution in [3.63, 3.8) is 0 Å². The standard InChI is InChI=1S/C23H21N3O4S/c1-14-18(24-22(30-14)16-6-4-3-5-7-16)13-20(27)26(2)17-10-8-15(9-11-17)12-19-21(28)25-23(29)31-19/h3-11,19H,12-13H2,1-2H3,(H,25,28,29). The number of aromatic nitrogens is 1. The number of benzene rings is 2. The third kappa shape index (κ3) is 4.69. The molecule has 1 fully saturated rings. The molecule has 0 spiro atoms. The average molecular weight is 436 g/mol. The maximum atomic E-state index is 12.8. The van der Waals surface area contributed by atoms with Gasteiger partial charge in [-0.1, -0.05) is 42.1 Å². The fourth-order valence-corrected chi connectivity index (χ4v) is 4.16. The molecule has 1 N–H and O–H groups in total. The Hall–Kier alpha value is -3.39. The quantitative estimate of drug-likeness (QED) is 0.634. The van der Waals surface area contributed by atoms with Crippen molar-refractivity contribution < 1.29 is 18.8 Å². The maximum Gasteiger partial charge on any atom is 0.286 e. The zero-order valence-corrected chi connectivity index (χ0v) is 17.9. The maximum absolute atomic E-state index is 12.8. The Bertz CT molecular complexity index is 1130. The molecular weight excluding hydrogens is 414 g/mol. The number of carbonyl (C=O) groups excluding carboxylic acids is 3. The molecule has 31 heavy (non-hydrogen) atoms. The SMILES string of the molecule is Cc1oc(-c2ccccc2)nc1CC(=O)N(C)c1ccc(CC2SC(=O)NC2=O)cc1. The first-order valence-electron chi connectivity index (χ1n) is 9.79. The number of likely N-dealkylation sites (N-methyl/N-ethyl adjacent to an activating group) is 1. The van der Waals surface area contributed by atoms with Crippen molar-refractivity contribution >= 4 is 34.5 Å². The summed E-state index contributed by atoms with van der Waals surface area (Å²) in [5.74, 6) is 0.752. The second kappa shape index (κ2) is 8.77. The van der Waals surface area contributed by atoms with Crippen molar-refractivity contribution in [3.8, 4) is 11.5 Å². The highest BCUT2D eigenvalue weighted by Crippen LogP contribution is 2.25. The molecule has 1 aliphatic heterocycles. The van der Waals surface area contributed by atoms with Crippen LogP contribution in [0.25, 0.3) is 11.5 Å². The first kappa shape index (κ1) is 20.9. The van der Waals surface area contributed by atoms with Crippen LogP contribution in [-0.2, 0) is 22.4 Å². The Morgan fingerprint density at radius 2 is 1.84 bits per heavy atom. The summed E-state index contributed by atoms with van der Waals surface area (Å²) in [6.07, 6.45) is 0.585. The van der Waals surface area contributed by atoms with E-state index in [1.165, 1.54) is 0 Å². The smallest absolute Gasteiger partial charge is 0.286 e. The van der Waals surface area contributed by atoms with Gasteiger partial charge in [0.15, 0.2) is 0 Å². The van der Waals surface area contributed by atoms with Gasteiger partial charge in [0.05, 0.1) is 17.4 Å². The van der Waals surface area contributed by atoms with Gasteiger partial charge < -0.3 is 9.32 Å². The van der Waals surface area contributed by atoms with Gasteiger partial charge in [0, 0.05) is 18.3 Å². The predicted octanol–water partition coefficient (Wildman–Crippen LogP) is 3.75. The lowest BCUT2D eigenvalue weighted by molar-refractivity contribution is -0.119. The molecule has 2 heterocycles. The second-order valence-corrected chi connectivity index (χ2v) is 8.45. The van der Waals surface area contributed by atoms with Gasteiger partial charge in [-0.2, -0.15) is 0 Å². The predicted molar refractivity (Wildman–Crippen MR) is 119 cm³/mol. The number of carbonyl (C=O) groups is 3. The van der Waals surface area contributed by atoms with E-state index in [-0.39, 0.29) is 23.5 Å². The molecule has 1 aliphatic rings. The minimum Gasteiger partial charge on any atom is -0.441 e. The number of amides is 3. The Morgan fingerprint density at radius 1 is 1.13 bits per heavy atom. The van der Waals surface area contributed by atoms with E-state index < -0.39 is 5.25 Å². The van der Waals surface area contributed by atoms with Crippen LogP contribution in [0.4, 0.5) is 10.5 Å². The number of anilines is 1. The van der Waals surface area contributed by atoms with Crippen molar-refractivity contribution in [2.75, 3.05) is 11.9 Å². The second-order valence-electron chi connectivity index (χ2n) is 7.27. The lowest BCUT2D eigenvalue weighted by atomic mass is 10.1. The van der Waals surface area contributed by atoms with Crippen molar-refractivity contribution in [2.24, 2.45) is 0 Å². The summed E-state index contributed by atoms with van der Waals surface area (Å²) < 4.78 is 5.74. The van der Waals surface area contributed by atoms with Gasteiger partial charge in [0.1, 0.15) is 5.76 Å². The highest BCUT2D eigenvalue weighted by molar-refractivity contribution is 8.15. The summed E-state index contributed by atoms with van der Waals surface area (Å²) in [4.78, 5) is 41.9. The zero-order chi connectivity index (χ0) is 22.0. The van der Waals surface area contributed by atoms with Gasteiger partial charge >= 0.3 is 0 Å². The molecule has 0 radical (unpaired) electrons. The summed E-state index contributed by atoms with van der Waals surface area (Å²) in [6.45, 7) is 1.80. The largest absolute Gasteiger partial charge is 0.441 e. The highest BCUT2D eigenvalue weighted by Gasteiger charge is 2.31. The van der Waals surface area contributed by atoms with Crippen LogP contribution in [0, 0.1) is 6.92 Å². The number of nitrogens with zero attached hydrogens (tertiary/aromatic N) is 2. The first-order chi connectivity index (χ1) is 14.9. The Balaban J connectivity index is 1.41. The van der Waals surface area contributed by atoms with Crippen LogP contribution >= 0.6 is 11.8 Å². The summed E-state index contributed by atoms with van der Waals surface area (Å²) in [7, 11) is 1.71. The van der Waals surface area contributed by atoms with E-state index in [2.05, 4.69) is 10.3 Å². The number of rotatable bonds is 6.